The van der Waals surface area contributed by atoms with Crippen molar-refractivity contribution in [3.05, 3.63) is 0 Å². The molecule has 1 aliphatic rings. The lowest BCUT2D eigenvalue weighted by molar-refractivity contribution is -0.139. The minimum Gasteiger partial charge on any atom is -0.480 e. The van der Waals surface area contributed by atoms with Crippen molar-refractivity contribution in [2.75, 3.05) is 20.2 Å². The quantitative estimate of drug-likeness (QED) is 0.625. The molecule has 0 aromatic heterocycles. The third-order valence-electron chi connectivity index (χ3n) is 3.12. The first-order valence-corrected chi connectivity index (χ1v) is 5.90. The zero-order chi connectivity index (χ0) is 12.8. The molecule has 1 atom stereocenters. The number of carbonyl (C=O) groups excluding carboxylic acids is 1. The summed E-state index contributed by atoms with van der Waals surface area (Å²) in [6.45, 7) is 0.404. The maximum absolute atomic E-state index is 11.7. The lowest BCUT2D eigenvalue weighted by Crippen LogP contribution is -2.48. The van der Waals surface area contributed by atoms with Crippen LogP contribution in [0.25, 0.3) is 0 Å². The van der Waals surface area contributed by atoms with Crippen LogP contribution in [0.5, 0.6) is 0 Å². The van der Waals surface area contributed by atoms with E-state index in [1.165, 1.54) is 11.3 Å². The van der Waals surface area contributed by atoms with E-state index in [2.05, 4.69) is 5.32 Å². The van der Waals surface area contributed by atoms with Crippen LogP contribution in [0.3, 0.4) is 0 Å². The molecule has 0 aromatic rings. The molecule has 0 heterocycles. The van der Waals surface area contributed by atoms with Gasteiger partial charge in [-0.3, -0.25) is 0 Å². The smallest absolute Gasteiger partial charge is 0.326 e. The molecule has 0 radical (unpaired) electrons. The summed E-state index contributed by atoms with van der Waals surface area (Å²) in [7, 11) is 1.66. The van der Waals surface area contributed by atoms with Gasteiger partial charge in [-0.2, -0.15) is 0 Å². The molecule has 1 fully saturated rings. The highest BCUT2D eigenvalue weighted by Gasteiger charge is 2.24. The topological polar surface area (TPSA) is 89.9 Å². The van der Waals surface area contributed by atoms with Crippen LogP contribution in [0.2, 0.25) is 0 Å². The van der Waals surface area contributed by atoms with Gasteiger partial charge in [0.05, 0.1) is 0 Å². The fourth-order valence-corrected chi connectivity index (χ4v) is 1.79. The lowest BCUT2D eigenvalue weighted by atomic mass is 9.85. The van der Waals surface area contributed by atoms with Gasteiger partial charge in [-0.25, -0.2) is 9.59 Å². The molecule has 0 unspecified atom stereocenters. The fourth-order valence-electron chi connectivity index (χ4n) is 1.79. The first-order valence-electron chi connectivity index (χ1n) is 5.90. The van der Waals surface area contributed by atoms with Crippen molar-refractivity contribution in [2.45, 2.75) is 31.7 Å². The summed E-state index contributed by atoms with van der Waals surface area (Å²) in [5.41, 5.74) is 0. The molecule has 17 heavy (non-hydrogen) atoms. The van der Waals surface area contributed by atoms with E-state index < -0.39 is 18.0 Å². The molecule has 6 nitrogen and oxygen atoms in total. The molecule has 98 valence electrons. The second-order valence-corrected chi connectivity index (χ2v) is 4.53. The molecule has 6 heteroatoms. The van der Waals surface area contributed by atoms with E-state index in [9.17, 15) is 9.59 Å². The van der Waals surface area contributed by atoms with E-state index in [-0.39, 0.29) is 13.0 Å². The minimum atomic E-state index is -1.12. The average molecular weight is 244 g/mol. The summed E-state index contributed by atoms with van der Waals surface area (Å²) < 4.78 is 0. The van der Waals surface area contributed by atoms with Crippen molar-refractivity contribution in [3.8, 4) is 0 Å². The number of carboxylic acid groups (broad SMARTS) is 1. The van der Waals surface area contributed by atoms with Gasteiger partial charge in [0, 0.05) is 26.6 Å². The Balaban J connectivity index is 2.36. The number of carboxylic acids is 1. The number of hydrogen-bond acceptors (Lipinski definition) is 3. The molecule has 3 N–H and O–H groups in total. The standard InChI is InChI=1S/C11H20N2O4/c1-13(7-8-3-2-4-8)11(17)12-9(5-6-14)10(15)16/h8-9,14H,2-7H2,1H3,(H,12,17)(H,15,16)/t9-/m0/s1. The third-order valence-corrected chi connectivity index (χ3v) is 3.12. The molecule has 0 saturated heterocycles. The van der Waals surface area contributed by atoms with Crippen LogP contribution in [-0.2, 0) is 4.79 Å². The monoisotopic (exact) mass is 244 g/mol. The molecular weight excluding hydrogens is 224 g/mol. The Bertz CT molecular complexity index is 279. The SMILES string of the molecule is CN(CC1CCC1)C(=O)N[C@@H](CCO)C(=O)O. The Kier molecular flexibility index (Phi) is 5.21. The normalized spacial score (nSPS) is 17.1. The van der Waals surface area contributed by atoms with Gasteiger partial charge in [-0.1, -0.05) is 6.42 Å². The van der Waals surface area contributed by atoms with Crippen molar-refractivity contribution in [3.63, 3.8) is 0 Å². The Labute approximate surface area is 101 Å². The van der Waals surface area contributed by atoms with Crippen LogP contribution >= 0.6 is 0 Å². The Morgan fingerprint density at radius 3 is 2.53 bits per heavy atom. The number of nitrogens with one attached hydrogen (secondary N) is 1. The molecule has 1 rings (SSSR count). The van der Waals surface area contributed by atoms with E-state index in [0.717, 1.165) is 12.8 Å². The van der Waals surface area contributed by atoms with E-state index in [1.807, 2.05) is 0 Å². The summed E-state index contributed by atoms with van der Waals surface area (Å²) in [5.74, 6) is -0.573. The van der Waals surface area contributed by atoms with Crippen LogP contribution in [-0.4, -0.2) is 53.4 Å². The summed E-state index contributed by atoms with van der Waals surface area (Å²) in [5, 5.41) is 19.9. The van der Waals surface area contributed by atoms with Crippen LogP contribution in [0, 0.1) is 5.92 Å². The summed E-state index contributed by atoms with van der Waals surface area (Å²) in [6, 6.07) is -1.41. The van der Waals surface area contributed by atoms with Gasteiger partial charge < -0.3 is 20.4 Å². The Morgan fingerprint density at radius 1 is 1.47 bits per heavy atom. The number of amides is 2. The zero-order valence-electron chi connectivity index (χ0n) is 10.1. The summed E-state index contributed by atoms with van der Waals surface area (Å²) >= 11 is 0. The van der Waals surface area contributed by atoms with Crippen molar-refractivity contribution < 1.29 is 19.8 Å². The summed E-state index contributed by atoms with van der Waals surface area (Å²) in [6.07, 6.45) is 3.51. The number of hydrogen-bond donors (Lipinski definition) is 3. The number of carbonyl (C=O) groups is 2. The second-order valence-electron chi connectivity index (χ2n) is 4.53. The number of aliphatic hydroxyl groups is 1. The zero-order valence-corrected chi connectivity index (χ0v) is 10.1. The number of aliphatic hydroxyl groups excluding tert-OH is 1. The van der Waals surface area contributed by atoms with Crippen LogP contribution < -0.4 is 5.32 Å². The number of nitrogens with zero attached hydrogens (tertiary/aromatic N) is 1. The number of aliphatic carboxylic acids is 1. The first-order chi connectivity index (χ1) is 8.04. The van der Waals surface area contributed by atoms with Crippen LogP contribution in [0.15, 0.2) is 0 Å². The largest absolute Gasteiger partial charge is 0.480 e. The first kappa shape index (κ1) is 13.8. The van der Waals surface area contributed by atoms with E-state index in [1.54, 1.807) is 7.05 Å². The van der Waals surface area contributed by atoms with Crippen molar-refractivity contribution in [2.24, 2.45) is 5.92 Å². The van der Waals surface area contributed by atoms with Crippen molar-refractivity contribution in [1.82, 2.24) is 10.2 Å². The molecule has 1 saturated carbocycles. The Morgan fingerprint density at radius 2 is 2.12 bits per heavy atom. The molecule has 0 spiro atoms. The average Bonchev–Trinajstić information content (AvgIpc) is 2.22. The number of rotatable bonds is 6. The highest BCUT2D eigenvalue weighted by Crippen LogP contribution is 2.26. The molecule has 0 aromatic carbocycles. The van der Waals surface area contributed by atoms with Gasteiger partial charge in [-0.05, 0) is 18.8 Å². The summed E-state index contributed by atoms with van der Waals surface area (Å²) in [4.78, 5) is 24.0. The lowest BCUT2D eigenvalue weighted by Gasteiger charge is -2.30. The molecular formula is C11H20N2O4. The van der Waals surface area contributed by atoms with E-state index in [4.69, 9.17) is 10.2 Å². The van der Waals surface area contributed by atoms with Crippen molar-refractivity contribution >= 4 is 12.0 Å². The van der Waals surface area contributed by atoms with Gasteiger partial charge in [0.1, 0.15) is 6.04 Å². The van der Waals surface area contributed by atoms with Crippen LogP contribution in [0.1, 0.15) is 25.7 Å². The Hall–Kier alpha value is -1.30. The predicted octanol–water partition coefficient (Wildman–Crippen LogP) is 0.263. The van der Waals surface area contributed by atoms with Gasteiger partial charge in [-0.15, -0.1) is 0 Å². The predicted molar refractivity (Wildman–Crippen MR) is 61.6 cm³/mol. The minimum absolute atomic E-state index is 0.0261. The molecule has 2 amide bonds. The maximum Gasteiger partial charge on any atom is 0.326 e. The van der Waals surface area contributed by atoms with Gasteiger partial charge in [0.2, 0.25) is 0 Å². The van der Waals surface area contributed by atoms with E-state index >= 15 is 0 Å². The highest BCUT2D eigenvalue weighted by atomic mass is 16.4. The van der Waals surface area contributed by atoms with Crippen molar-refractivity contribution in [1.29, 1.82) is 0 Å². The van der Waals surface area contributed by atoms with Gasteiger partial charge in [0.15, 0.2) is 0 Å². The highest BCUT2D eigenvalue weighted by molar-refractivity contribution is 5.82. The molecule has 0 bridgehead atoms. The maximum atomic E-state index is 11.7. The van der Waals surface area contributed by atoms with E-state index in [0.29, 0.717) is 12.5 Å². The van der Waals surface area contributed by atoms with Crippen LogP contribution in [0.4, 0.5) is 4.79 Å². The fraction of sp³-hybridized carbons (Fsp3) is 0.818. The van der Waals surface area contributed by atoms with Gasteiger partial charge in [0.25, 0.3) is 0 Å². The van der Waals surface area contributed by atoms with Gasteiger partial charge >= 0.3 is 12.0 Å². The third kappa shape index (κ3) is 4.22. The molecule has 0 aliphatic heterocycles. The molecule has 1 aliphatic carbocycles. The number of urea groups is 1. The second kappa shape index (κ2) is 6.44.